The van der Waals surface area contributed by atoms with Gasteiger partial charge in [-0.15, -0.1) is 0 Å². The molecule has 4 nitrogen and oxygen atoms in total. The van der Waals surface area contributed by atoms with Crippen molar-refractivity contribution in [2.24, 2.45) is 0 Å². The molecule has 0 unspecified atom stereocenters. The second kappa shape index (κ2) is 10.5. The lowest BCUT2D eigenvalue weighted by atomic mass is 10.1. The zero-order chi connectivity index (χ0) is 24.9. The molecule has 0 spiro atoms. The van der Waals surface area contributed by atoms with Crippen LogP contribution in [0.15, 0.2) is 133 Å². The normalized spacial score (nSPS) is 10.8. The highest BCUT2D eigenvalue weighted by atomic mass is 28.3. The molecule has 0 fully saturated rings. The Labute approximate surface area is 218 Å². The summed E-state index contributed by atoms with van der Waals surface area (Å²) < 4.78 is 11.6. The number of benzene rings is 6. The lowest BCUT2D eigenvalue weighted by molar-refractivity contribution is 0.459. The molecule has 0 atom stereocenters. The zero-order valence-corrected chi connectivity index (χ0v) is 21.0. The molecule has 2 radical (unpaired) electrons. The minimum absolute atomic E-state index is 0.139. The van der Waals surface area contributed by atoms with Crippen LogP contribution in [0.25, 0.3) is 21.5 Å². The van der Waals surface area contributed by atoms with Gasteiger partial charge in [0.2, 0.25) is 0 Å². The monoisotopic (exact) mass is 496 g/mol. The third-order valence-corrected chi connectivity index (χ3v) is 6.80. The number of hydrogen-bond acceptors (Lipinski definition) is 4. The van der Waals surface area contributed by atoms with Crippen LogP contribution in [0.2, 0.25) is 0 Å². The van der Waals surface area contributed by atoms with Gasteiger partial charge in [-0.2, -0.15) is 0 Å². The average Bonchev–Trinajstić information content (AvgIpc) is 2.95. The molecule has 0 amide bonds. The number of nitrogens with one attached hydrogen (secondary N) is 2. The van der Waals surface area contributed by atoms with E-state index in [1.54, 1.807) is 0 Å². The molecular weight excluding hydrogens is 472 g/mol. The average molecular weight is 497 g/mol. The maximum atomic E-state index is 5.82. The molecule has 6 rings (SSSR count). The molecule has 0 aromatic heterocycles. The molecule has 0 saturated carbocycles. The number of anilines is 4. The largest absolute Gasteiger partial charge is 0.610 e. The van der Waals surface area contributed by atoms with Crippen LogP contribution in [0.4, 0.5) is 22.7 Å². The zero-order valence-electron chi connectivity index (χ0n) is 20.0. The molecular formula is C32H24N2O2Si. The minimum Gasteiger partial charge on any atom is -0.508 e. The quantitative estimate of drug-likeness (QED) is 0.207. The third kappa shape index (κ3) is 5.27. The maximum Gasteiger partial charge on any atom is 0.610 e. The fraction of sp³-hybridized carbons (Fsp3) is 0. The van der Waals surface area contributed by atoms with Crippen molar-refractivity contribution in [1.82, 2.24) is 0 Å². The van der Waals surface area contributed by atoms with Gasteiger partial charge in [0, 0.05) is 33.5 Å². The first-order chi connectivity index (χ1) is 18.3. The van der Waals surface area contributed by atoms with E-state index in [-0.39, 0.29) is 10.0 Å². The number of hydrogen-bond donors (Lipinski definition) is 2. The highest BCUT2D eigenvalue weighted by Crippen LogP contribution is 2.28. The van der Waals surface area contributed by atoms with Crippen LogP contribution in [0.1, 0.15) is 0 Å². The Hall–Kier alpha value is -4.74. The molecule has 0 aliphatic heterocycles. The Kier molecular flexibility index (Phi) is 6.43. The van der Waals surface area contributed by atoms with Gasteiger partial charge in [-0.05, 0) is 71.4 Å². The van der Waals surface area contributed by atoms with E-state index < -0.39 is 0 Å². The lowest BCUT2D eigenvalue weighted by Gasteiger charge is -2.12. The molecule has 178 valence electrons. The first-order valence-corrected chi connectivity index (χ1v) is 12.9. The lowest BCUT2D eigenvalue weighted by Crippen LogP contribution is -2.10. The molecule has 37 heavy (non-hydrogen) atoms. The predicted molar refractivity (Wildman–Crippen MR) is 154 cm³/mol. The standard InChI is InChI=1S/C32H24N2O2Si/c1-3-11-29-23(7-1)9-5-13-31(29)33-25-15-19-27(20-16-25)35-37-36-28-21-17-26(18-22-28)34-32-14-6-10-24-8-2-4-12-30(24)32/h1-22,33-34H. The van der Waals surface area contributed by atoms with Crippen LogP contribution < -0.4 is 19.5 Å². The van der Waals surface area contributed by atoms with Crippen molar-refractivity contribution in [2.75, 3.05) is 10.6 Å². The highest BCUT2D eigenvalue weighted by molar-refractivity contribution is 6.20. The smallest absolute Gasteiger partial charge is 0.508 e. The van der Waals surface area contributed by atoms with Gasteiger partial charge in [-0.25, -0.2) is 0 Å². The SMILES string of the molecule is c1ccc2c(Nc3ccc(O[Si]Oc4ccc(Nc5cccc6ccccc56)cc4)cc3)cccc2c1. The maximum absolute atomic E-state index is 5.82. The summed E-state index contributed by atoms with van der Waals surface area (Å²) in [5, 5.41) is 11.8. The van der Waals surface area contributed by atoms with Crippen molar-refractivity contribution in [3.05, 3.63) is 133 Å². The molecule has 0 bridgehead atoms. The fourth-order valence-electron chi connectivity index (χ4n) is 4.31. The van der Waals surface area contributed by atoms with E-state index in [1.807, 2.05) is 48.5 Å². The molecule has 0 saturated heterocycles. The first-order valence-electron chi connectivity index (χ1n) is 12.1. The van der Waals surface area contributed by atoms with Gasteiger partial charge in [0.05, 0.1) is 0 Å². The van der Waals surface area contributed by atoms with Crippen LogP contribution in [0, 0.1) is 0 Å². The Morgan fingerprint density at radius 3 is 1.27 bits per heavy atom. The van der Waals surface area contributed by atoms with Gasteiger partial charge in [0.1, 0.15) is 11.5 Å². The molecule has 0 aliphatic rings. The minimum atomic E-state index is -0.139. The summed E-state index contributed by atoms with van der Waals surface area (Å²) in [7, 11) is -0.139. The van der Waals surface area contributed by atoms with Gasteiger partial charge in [-0.3, -0.25) is 0 Å². The second-order valence-electron chi connectivity index (χ2n) is 8.64. The van der Waals surface area contributed by atoms with E-state index in [0.717, 1.165) is 34.2 Å². The van der Waals surface area contributed by atoms with Gasteiger partial charge in [0.15, 0.2) is 0 Å². The van der Waals surface area contributed by atoms with Crippen LogP contribution >= 0.6 is 0 Å². The highest BCUT2D eigenvalue weighted by Gasteiger charge is 2.05. The van der Waals surface area contributed by atoms with Crippen molar-refractivity contribution in [3.8, 4) is 11.5 Å². The molecule has 6 aromatic rings. The Morgan fingerprint density at radius 2 is 0.811 bits per heavy atom. The van der Waals surface area contributed by atoms with Crippen LogP contribution in [-0.2, 0) is 0 Å². The summed E-state index contributed by atoms with van der Waals surface area (Å²) >= 11 is 0. The molecule has 5 heteroatoms. The van der Waals surface area contributed by atoms with E-state index in [1.165, 1.54) is 21.5 Å². The molecule has 2 N–H and O–H groups in total. The van der Waals surface area contributed by atoms with Crippen molar-refractivity contribution in [1.29, 1.82) is 0 Å². The summed E-state index contributed by atoms with van der Waals surface area (Å²) in [6.45, 7) is 0. The summed E-state index contributed by atoms with van der Waals surface area (Å²) in [4.78, 5) is 0. The second-order valence-corrected chi connectivity index (χ2v) is 9.21. The van der Waals surface area contributed by atoms with Crippen LogP contribution in [-0.4, -0.2) is 10.0 Å². The number of rotatable bonds is 8. The Balaban J connectivity index is 1.03. The van der Waals surface area contributed by atoms with E-state index in [2.05, 4.69) is 95.6 Å². The Morgan fingerprint density at radius 1 is 0.405 bits per heavy atom. The van der Waals surface area contributed by atoms with Crippen molar-refractivity contribution < 1.29 is 8.85 Å². The summed E-state index contributed by atoms with van der Waals surface area (Å²) in [5.41, 5.74) is 4.16. The molecule has 0 heterocycles. The summed E-state index contributed by atoms with van der Waals surface area (Å²) in [6.07, 6.45) is 0. The van der Waals surface area contributed by atoms with Gasteiger partial charge < -0.3 is 19.5 Å². The van der Waals surface area contributed by atoms with Crippen molar-refractivity contribution >= 4 is 54.3 Å². The van der Waals surface area contributed by atoms with E-state index in [9.17, 15) is 0 Å². The van der Waals surface area contributed by atoms with Crippen LogP contribution in [0.3, 0.4) is 0 Å². The Bertz CT molecular complexity index is 1520. The van der Waals surface area contributed by atoms with E-state index >= 15 is 0 Å². The fourth-order valence-corrected chi connectivity index (χ4v) is 4.82. The van der Waals surface area contributed by atoms with Gasteiger partial charge in [-0.1, -0.05) is 72.8 Å². The van der Waals surface area contributed by atoms with Crippen molar-refractivity contribution in [2.45, 2.75) is 0 Å². The molecule has 0 aliphatic carbocycles. The first kappa shape index (κ1) is 22.7. The third-order valence-electron chi connectivity index (χ3n) is 6.16. The van der Waals surface area contributed by atoms with Crippen molar-refractivity contribution in [3.63, 3.8) is 0 Å². The summed E-state index contributed by atoms with van der Waals surface area (Å²) in [5.74, 6) is 1.52. The van der Waals surface area contributed by atoms with Gasteiger partial charge in [0.25, 0.3) is 0 Å². The predicted octanol–water partition coefficient (Wildman–Crippen LogP) is 8.47. The van der Waals surface area contributed by atoms with Crippen LogP contribution in [0.5, 0.6) is 11.5 Å². The molecule has 6 aromatic carbocycles. The summed E-state index contributed by atoms with van der Waals surface area (Å²) in [6, 6.07) is 45.1. The van der Waals surface area contributed by atoms with Gasteiger partial charge >= 0.3 is 10.0 Å². The van der Waals surface area contributed by atoms with E-state index in [0.29, 0.717) is 0 Å². The number of fused-ring (bicyclic) bond motifs is 2. The topological polar surface area (TPSA) is 42.5 Å². The van der Waals surface area contributed by atoms with E-state index in [4.69, 9.17) is 8.85 Å².